The normalized spacial score (nSPS) is 14.1. The molecule has 108 valence electrons. The topological polar surface area (TPSA) is 21.3 Å². The first-order valence-corrected chi connectivity index (χ1v) is 7.71. The van der Waals surface area contributed by atoms with Gasteiger partial charge in [0.2, 0.25) is 0 Å². The highest BCUT2D eigenvalue weighted by Crippen LogP contribution is 2.21. The van der Waals surface area contributed by atoms with Crippen molar-refractivity contribution in [3.8, 4) is 5.75 Å². The van der Waals surface area contributed by atoms with Gasteiger partial charge in [-0.15, -0.1) is 0 Å². The summed E-state index contributed by atoms with van der Waals surface area (Å²) in [6.45, 7) is 9.82. The van der Waals surface area contributed by atoms with Crippen molar-refractivity contribution in [3.63, 3.8) is 0 Å². The van der Waals surface area contributed by atoms with E-state index in [1.54, 1.807) is 0 Å². The van der Waals surface area contributed by atoms with Gasteiger partial charge >= 0.3 is 0 Å². The van der Waals surface area contributed by atoms with Gasteiger partial charge in [0.05, 0.1) is 6.10 Å². The van der Waals surface area contributed by atoms with Gasteiger partial charge in [0.15, 0.2) is 0 Å². The zero-order valence-corrected chi connectivity index (χ0v) is 12.9. The van der Waals surface area contributed by atoms with Crippen LogP contribution in [-0.2, 0) is 0 Å². The maximum Gasteiger partial charge on any atom is 0.119 e. The third-order valence-electron chi connectivity index (χ3n) is 3.36. The van der Waals surface area contributed by atoms with E-state index in [1.807, 2.05) is 0 Å². The lowest BCUT2D eigenvalue weighted by Gasteiger charge is -2.18. The van der Waals surface area contributed by atoms with E-state index in [9.17, 15) is 0 Å². The molecule has 0 spiro atoms. The van der Waals surface area contributed by atoms with Gasteiger partial charge in [-0.1, -0.05) is 39.3 Å². The maximum atomic E-state index is 5.88. The molecule has 1 aromatic rings. The van der Waals surface area contributed by atoms with E-state index in [2.05, 4.69) is 57.3 Å². The minimum atomic E-state index is 0.302. The molecule has 0 radical (unpaired) electrons. The smallest absolute Gasteiger partial charge is 0.119 e. The summed E-state index contributed by atoms with van der Waals surface area (Å²) in [7, 11) is 0. The Kier molecular flexibility index (Phi) is 7.57. The SMILES string of the molecule is CCCNC(CC)c1ccc(OC(C)CCC)cc1. The van der Waals surface area contributed by atoms with Crippen LogP contribution in [0, 0.1) is 0 Å². The Morgan fingerprint density at radius 3 is 2.26 bits per heavy atom. The summed E-state index contributed by atoms with van der Waals surface area (Å²) in [4.78, 5) is 0. The van der Waals surface area contributed by atoms with E-state index in [-0.39, 0.29) is 0 Å². The van der Waals surface area contributed by atoms with Crippen LogP contribution in [0.3, 0.4) is 0 Å². The predicted molar refractivity (Wildman–Crippen MR) is 82.8 cm³/mol. The number of hydrogen-bond donors (Lipinski definition) is 1. The second-order valence-electron chi connectivity index (χ2n) is 5.20. The standard InChI is InChI=1S/C17H29NO/c1-5-8-14(4)19-16-11-9-15(10-12-16)17(7-3)18-13-6-2/h9-12,14,17-18H,5-8,13H2,1-4H3. The van der Waals surface area contributed by atoms with Crippen LogP contribution >= 0.6 is 0 Å². The Bertz CT molecular complexity index is 334. The third kappa shape index (κ3) is 5.65. The summed E-state index contributed by atoms with van der Waals surface area (Å²) in [5, 5.41) is 3.58. The highest BCUT2D eigenvalue weighted by molar-refractivity contribution is 5.29. The molecule has 0 fully saturated rings. The van der Waals surface area contributed by atoms with Gasteiger partial charge in [-0.25, -0.2) is 0 Å². The average Bonchev–Trinajstić information content (AvgIpc) is 2.41. The lowest BCUT2D eigenvalue weighted by Crippen LogP contribution is -2.21. The first kappa shape index (κ1) is 16.0. The summed E-state index contributed by atoms with van der Waals surface area (Å²) >= 11 is 0. The fraction of sp³-hybridized carbons (Fsp3) is 0.647. The van der Waals surface area contributed by atoms with Gasteiger partial charge in [0.1, 0.15) is 5.75 Å². The van der Waals surface area contributed by atoms with Crippen molar-refractivity contribution in [2.24, 2.45) is 0 Å². The van der Waals surface area contributed by atoms with Gasteiger partial charge in [-0.3, -0.25) is 0 Å². The molecule has 0 saturated carbocycles. The molecule has 0 saturated heterocycles. The molecule has 1 rings (SSSR count). The lowest BCUT2D eigenvalue weighted by atomic mass is 10.0. The van der Waals surface area contributed by atoms with Crippen LogP contribution in [0.2, 0.25) is 0 Å². The highest BCUT2D eigenvalue weighted by Gasteiger charge is 2.08. The van der Waals surface area contributed by atoms with Crippen molar-refractivity contribution in [3.05, 3.63) is 29.8 Å². The number of rotatable bonds is 9. The molecule has 0 aliphatic carbocycles. The van der Waals surface area contributed by atoms with Crippen molar-refractivity contribution < 1.29 is 4.74 Å². The Balaban J connectivity index is 2.58. The molecule has 1 aromatic carbocycles. The van der Waals surface area contributed by atoms with E-state index < -0.39 is 0 Å². The fourth-order valence-corrected chi connectivity index (χ4v) is 2.29. The molecule has 2 unspecified atom stereocenters. The number of nitrogens with one attached hydrogen (secondary N) is 1. The number of benzene rings is 1. The molecule has 0 amide bonds. The third-order valence-corrected chi connectivity index (χ3v) is 3.36. The molecule has 2 heteroatoms. The van der Waals surface area contributed by atoms with Crippen LogP contribution in [0.1, 0.15) is 65.0 Å². The van der Waals surface area contributed by atoms with E-state index in [0.717, 1.165) is 31.6 Å². The second-order valence-corrected chi connectivity index (χ2v) is 5.20. The average molecular weight is 263 g/mol. The molecule has 1 N–H and O–H groups in total. The molecule has 0 aliphatic heterocycles. The quantitative estimate of drug-likeness (QED) is 0.697. The number of ether oxygens (including phenoxy) is 1. The predicted octanol–water partition coefficient (Wildman–Crippen LogP) is 4.70. The van der Waals surface area contributed by atoms with Gasteiger partial charge in [0.25, 0.3) is 0 Å². The van der Waals surface area contributed by atoms with Gasteiger partial charge in [0, 0.05) is 6.04 Å². The van der Waals surface area contributed by atoms with Crippen LogP contribution in [0.5, 0.6) is 5.75 Å². The molecule has 0 heterocycles. The number of hydrogen-bond acceptors (Lipinski definition) is 2. The van der Waals surface area contributed by atoms with E-state index in [0.29, 0.717) is 12.1 Å². The Morgan fingerprint density at radius 1 is 1.05 bits per heavy atom. The van der Waals surface area contributed by atoms with E-state index in [1.165, 1.54) is 12.0 Å². The second kappa shape index (κ2) is 8.98. The first-order valence-electron chi connectivity index (χ1n) is 7.71. The Morgan fingerprint density at radius 2 is 1.74 bits per heavy atom. The lowest BCUT2D eigenvalue weighted by molar-refractivity contribution is 0.210. The maximum absolute atomic E-state index is 5.88. The minimum absolute atomic E-state index is 0.302. The van der Waals surface area contributed by atoms with Crippen molar-refractivity contribution >= 4 is 0 Å². The highest BCUT2D eigenvalue weighted by atomic mass is 16.5. The molecule has 0 aromatic heterocycles. The van der Waals surface area contributed by atoms with Crippen molar-refractivity contribution in [1.29, 1.82) is 0 Å². The molecule has 0 aliphatic rings. The molecule has 19 heavy (non-hydrogen) atoms. The first-order chi connectivity index (χ1) is 9.21. The zero-order valence-electron chi connectivity index (χ0n) is 12.9. The van der Waals surface area contributed by atoms with E-state index >= 15 is 0 Å². The van der Waals surface area contributed by atoms with Crippen LogP contribution in [0.25, 0.3) is 0 Å². The molecule has 2 nitrogen and oxygen atoms in total. The molecule has 0 bridgehead atoms. The molecular formula is C17H29NO. The summed E-state index contributed by atoms with van der Waals surface area (Å²) < 4.78 is 5.88. The minimum Gasteiger partial charge on any atom is -0.491 e. The summed E-state index contributed by atoms with van der Waals surface area (Å²) in [6, 6.07) is 9.02. The Hall–Kier alpha value is -1.02. The summed E-state index contributed by atoms with van der Waals surface area (Å²) in [6.07, 6.45) is 4.87. The van der Waals surface area contributed by atoms with Crippen LogP contribution < -0.4 is 10.1 Å². The van der Waals surface area contributed by atoms with E-state index in [4.69, 9.17) is 4.74 Å². The van der Waals surface area contributed by atoms with Crippen LogP contribution in [-0.4, -0.2) is 12.6 Å². The van der Waals surface area contributed by atoms with Crippen LogP contribution in [0.15, 0.2) is 24.3 Å². The van der Waals surface area contributed by atoms with Gasteiger partial charge < -0.3 is 10.1 Å². The van der Waals surface area contributed by atoms with Gasteiger partial charge in [-0.05, 0) is 50.4 Å². The Labute approximate surface area is 118 Å². The summed E-state index contributed by atoms with van der Waals surface area (Å²) in [5.41, 5.74) is 1.35. The van der Waals surface area contributed by atoms with Crippen molar-refractivity contribution in [1.82, 2.24) is 5.32 Å². The van der Waals surface area contributed by atoms with Gasteiger partial charge in [-0.2, -0.15) is 0 Å². The zero-order chi connectivity index (χ0) is 14.1. The fourth-order valence-electron chi connectivity index (χ4n) is 2.29. The monoisotopic (exact) mass is 263 g/mol. The van der Waals surface area contributed by atoms with Crippen molar-refractivity contribution in [2.45, 2.75) is 65.5 Å². The molecular weight excluding hydrogens is 234 g/mol. The van der Waals surface area contributed by atoms with Crippen LogP contribution in [0.4, 0.5) is 0 Å². The van der Waals surface area contributed by atoms with Crippen molar-refractivity contribution in [2.75, 3.05) is 6.54 Å². The summed E-state index contributed by atoms with van der Waals surface area (Å²) in [5.74, 6) is 0.982. The molecule has 2 atom stereocenters. The largest absolute Gasteiger partial charge is 0.491 e.